The number of hydrogen-bond acceptors (Lipinski definition) is 6. The maximum atomic E-state index is 13.3. The van der Waals surface area contributed by atoms with Gasteiger partial charge < -0.3 is 21.2 Å². The highest BCUT2D eigenvalue weighted by molar-refractivity contribution is 6.34. The number of Topliss-reactive ketones (excluding diaryl/α,β-unsaturated/α-hetero) is 1. The number of nitrogens with one attached hydrogen (secondary N) is 2. The SMILES string of the molecule is CC(=O)CCCNC(=O)c1cc(NC(=O)c2cc(-c3cccc(N)n3)ccc2Cl)n(-c2ccccc2)n1. The number of nitrogens with two attached hydrogens (primary N) is 1. The fraction of sp³-hybridized carbons (Fsp3) is 0.148. The number of carbonyl (C=O) groups is 3. The molecule has 4 N–H and O–H groups in total. The fourth-order valence-corrected chi connectivity index (χ4v) is 3.83. The van der Waals surface area contributed by atoms with E-state index in [0.29, 0.717) is 42.1 Å². The summed E-state index contributed by atoms with van der Waals surface area (Å²) in [6.07, 6.45) is 0.909. The Hall–Kier alpha value is -4.50. The second kappa shape index (κ2) is 11.5. The molecule has 0 spiro atoms. The molecular formula is C27H25ClN6O3. The Labute approximate surface area is 218 Å². The van der Waals surface area contributed by atoms with E-state index < -0.39 is 11.8 Å². The van der Waals surface area contributed by atoms with Crippen LogP contribution >= 0.6 is 11.6 Å². The van der Waals surface area contributed by atoms with Crippen molar-refractivity contribution in [3.63, 3.8) is 0 Å². The van der Waals surface area contributed by atoms with E-state index in [4.69, 9.17) is 17.3 Å². The molecule has 0 aliphatic heterocycles. The van der Waals surface area contributed by atoms with Crippen LogP contribution in [0.3, 0.4) is 0 Å². The Balaban J connectivity index is 1.61. The summed E-state index contributed by atoms with van der Waals surface area (Å²) >= 11 is 6.37. The Bertz CT molecular complexity index is 1450. The van der Waals surface area contributed by atoms with Crippen molar-refractivity contribution in [2.45, 2.75) is 19.8 Å². The van der Waals surface area contributed by atoms with Gasteiger partial charge in [-0.05, 0) is 49.7 Å². The van der Waals surface area contributed by atoms with Gasteiger partial charge >= 0.3 is 0 Å². The molecule has 0 saturated carbocycles. The number of nitrogen functional groups attached to an aromatic ring is 1. The van der Waals surface area contributed by atoms with Crippen molar-refractivity contribution < 1.29 is 14.4 Å². The molecule has 0 aliphatic carbocycles. The van der Waals surface area contributed by atoms with E-state index >= 15 is 0 Å². The van der Waals surface area contributed by atoms with Gasteiger partial charge in [-0.1, -0.05) is 41.9 Å². The van der Waals surface area contributed by atoms with Gasteiger partial charge in [-0.15, -0.1) is 0 Å². The molecule has 10 heteroatoms. The largest absolute Gasteiger partial charge is 0.384 e. The standard InChI is InChI=1S/C27H25ClN6O3/c1-17(35)7-6-14-30-27(37)23-16-25(34(33-23)19-8-3-2-4-9-19)32-26(36)20-15-18(12-13-21(20)28)22-10-5-11-24(29)31-22/h2-5,8-13,15-16H,6-7,14H2,1H3,(H2,29,31)(H,30,37)(H,32,36). The van der Waals surface area contributed by atoms with Crippen molar-refractivity contribution in [1.82, 2.24) is 20.1 Å². The highest BCUT2D eigenvalue weighted by atomic mass is 35.5. The molecule has 0 aliphatic rings. The van der Waals surface area contributed by atoms with Crippen molar-refractivity contribution >= 4 is 40.8 Å². The van der Waals surface area contributed by atoms with Gasteiger partial charge in [0, 0.05) is 24.6 Å². The van der Waals surface area contributed by atoms with Gasteiger partial charge in [-0.3, -0.25) is 9.59 Å². The monoisotopic (exact) mass is 516 g/mol. The number of halogens is 1. The van der Waals surface area contributed by atoms with Crippen molar-refractivity contribution in [1.29, 1.82) is 0 Å². The number of ketones is 1. The minimum absolute atomic E-state index is 0.0573. The zero-order chi connectivity index (χ0) is 26.4. The summed E-state index contributed by atoms with van der Waals surface area (Å²) in [6, 6.07) is 20.8. The number of rotatable bonds is 9. The molecule has 0 bridgehead atoms. The van der Waals surface area contributed by atoms with Gasteiger partial charge in [0.1, 0.15) is 17.4 Å². The van der Waals surface area contributed by atoms with Crippen LogP contribution in [0.2, 0.25) is 5.02 Å². The van der Waals surface area contributed by atoms with Crippen LogP contribution in [0.4, 0.5) is 11.6 Å². The van der Waals surface area contributed by atoms with E-state index in [2.05, 4.69) is 20.7 Å². The third kappa shape index (κ3) is 6.39. The first kappa shape index (κ1) is 25.6. The number of carbonyl (C=O) groups excluding carboxylic acids is 3. The molecule has 2 heterocycles. The first-order valence-corrected chi connectivity index (χ1v) is 12.0. The minimum atomic E-state index is -0.485. The Morgan fingerprint density at radius 3 is 2.49 bits per heavy atom. The minimum Gasteiger partial charge on any atom is -0.384 e. The molecule has 4 aromatic rings. The molecule has 37 heavy (non-hydrogen) atoms. The molecule has 0 fully saturated rings. The summed E-state index contributed by atoms with van der Waals surface area (Å²) in [5.74, 6) is -0.199. The van der Waals surface area contributed by atoms with Gasteiger partial charge in [0.15, 0.2) is 5.69 Å². The number of amides is 2. The van der Waals surface area contributed by atoms with E-state index in [1.807, 2.05) is 18.2 Å². The third-order valence-electron chi connectivity index (χ3n) is 5.45. The van der Waals surface area contributed by atoms with E-state index in [0.717, 1.165) is 0 Å². The fourth-order valence-electron chi connectivity index (χ4n) is 3.63. The molecule has 0 unspecified atom stereocenters. The van der Waals surface area contributed by atoms with Gasteiger partial charge in [0.05, 0.1) is 22.0 Å². The Kier molecular flexibility index (Phi) is 7.95. The van der Waals surface area contributed by atoms with Crippen molar-refractivity contribution in [2.75, 3.05) is 17.6 Å². The number of aromatic nitrogens is 3. The van der Waals surface area contributed by atoms with Crippen LogP contribution in [-0.4, -0.2) is 38.9 Å². The number of pyridine rings is 1. The van der Waals surface area contributed by atoms with Crippen molar-refractivity contribution in [2.24, 2.45) is 0 Å². The Morgan fingerprint density at radius 1 is 0.973 bits per heavy atom. The lowest BCUT2D eigenvalue weighted by Crippen LogP contribution is -2.25. The van der Waals surface area contributed by atoms with Crippen LogP contribution in [0.5, 0.6) is 0 Å². The lowest BCUT2D eigenvalue weighted by atomic mass is 10.1. The van der Waals surface area contributed by atoms with Gasteiger partial charge in [0.2, 0.25) is 0 Å². The third-order valence-corrected chi connectivity index (χ3v) is 5.78. The van der Waals surface area contributed by atoms with Crippen LogP contribution in [0.15, 0.2) is 72.8 Å². The number of nitrogens with zero attached hydrogens (tertiary/aromatic N) is 3. The topological polar surface area (TPSA) is 132 Å². The Morgan fingerprint density at radius 2 is 1.76 bits per heavy atom. The van der Waals surface area contributed by atoms with E-state index in [-0.39, 0.29) is 27.9 Å². The van der Waals surface area contributed by atoms with Crippen LogP contribution in [-0.2, 0) is 4.79 Å². The first-order chi connectivity index (χ1) is 17.8. The van der Waals surface area contributed by atoms with E-state index in [9.17, 15) is 14.4 Å². The first-order valence-electron chi connectivity index (χ1n) is 11.6. The quantitative estimate of drug-likeness (QED) is 0.280. The molecule has 2 aromatic heterocycles. The highest BCUT2D eigenvalue weighted by Gasteiger charge is 2.19. The zero-order valence-electron chi connectivity index (χ0n) is 20.1. The molecule has 2 aromatic carbocycles. The predicted molar refractivity (Wildman–Crippen MR) is 143 cm³/mol. The summed E-state index contributed by atoms with van der Waals surface area (Å²) < 4.78 is 1.47. The van der Waals surface area contributed by atoms with Crippen molar-refractivity contribution in [3.05, 3.63) is 89.1 Å². The van der Waals surface area contributed by atoms with Gasteiger partial charge in [-0.2, -0.15) is 5.10 Å². The molecule has 188 valence electrons. The molecular weight excluding hydrogens is 492 g/mol. The average molecular weight is 517 g/mol. The van der Waals surface area contributed by atoms with Crippen molar-refractivity contribution in [3.8, 4) is 16.9 Å². The number of anilines is 2. The lowest BCUT2D eigenvalue weighted by molar-refractivity contribution is -0.117. The number of benzene rings is 2. The summed E-state index contributed by atoms with van der Waals surface area (Å²) in [5, 5.41) is 10.2. The molecule has 0 atom stereocenters. The van der Waals surface area contributed by atoms with E-state index in [1.54, 1.807) is 48.5 Å². The normalized spacial score (nSPS) is 10.6. The summed E-state index contributed by atoms with van der Waals surface area (Å²) in [5.41, 5.74) is 8.06. The zero-order valence-corrected chi connectivity index (χ0v) is 20.8. The summed E-state index contributed by atoms with van der Waals surface area (Å²) in [4.78, 5) is 41.4. The van der Waals surface area contributed by atoms with Crippen LogP contribution in [0.1, 0.15) is 40.6 Å². The molecule has 9 nitrogen and oxygen atoms in total. The van der Waals surface area contributed by atoms with E-state index in [1.165, 1.54) is 17.7 Å². The van der Waals surface area contributed by atoms with Gasteiger partial charge in [0.25, 0.3) is 11.8 Å². The molecule has 2 amide bonds. The number of hydrogen-bond donors (Lipinski definition) is 3. The molecule has 0 radical (unpaired) electrons. The van der Waals surface area contributed by atoms with Gasteiger partial charge in [-0.25, -0.2) is 9.67 Å². The molecule has 4 rings (SSSR count). The lowest BCUT2D eigenvalue weighted by Gasteiger charge is -2.11. The van der Waals surface area contributed by atoms with Crippen LogP contribution in [0, 0.1) is 0 Å². The average Bonchev–Trinajstić information content (AvgIpc) is 3.31. The smallest absolute Gasteiger partial charge is 0.271 e. The summed E-state index contributed by atoms with van der Waals surface area (Å²) in [7, 11) is 0. The predicted octanol–water partition coefficient (Wildman–Crippen LogP) is 4.52. The highest BCUT2D eigenvalue weighted by Crippen LogP contribution is 2.26. The number of para-hydroxylation sites is 1. The second-order valence-electron chi connectivity index (χ2n) is 8.32. The van der Waals surface area contributed by atoms with Crippen LogP contribution < -0.4 is 16.4 Å². The summed E-state index contributed by atoms with van der Waals surface area (Å²) in [6.45, 7) is 1.84. The second-order valence-corrected chi connectivity index (χ2v) is 8.73. The van der Waals surface area contributed by atoms with Crippen LogP contribution in [0.25, 0.3) is 16.9 Å². The maximum absolute atomic E-state index is 13.3. The maximum Gasteiger partial charge on any atom is 0.271 e. The molecule has 0 saturated heterocycles.